The lowest BCUT2D eigenvalue weighted by Crippen LogP contribution is -2.48. The molecule has 1 aromatic rings. The minimum atomic E-state index is -0.594. The summed E-state index contributed by atoms with van der Waals surface area (Å²) in [6.07, 6.45) is 2.48. The molecule has 0 saturated carbocycles. The number of hydrogen-bond donors (Lipinski definition) is 2. The van der Waals surface area contributed by atoms with Crippen molar-refractivity contribution < 1.29 is 14.6 Å². The van der Waals surface area contributed by atoms with E-state index in [-0.39, 0.29) is 17.4 Å². The third-order valence-electron chi connectivity index (χ3n) is 5.87. The molecule has 1 fully saturated rings. The SMILES string of the molecule is CC(C)(CC(=O)N1CCCc2ccccc21)C[C@H](N)[C@@H](O)CN1CCOCC1. The molecule has 28 heavy (non-hydrogen) atoms. The molecule has 0 unspecified atom stereocenters. The van der Waals surface area contributed by atoms with Gasteiger partial charge in [-0.2, -0.15) is 0 Å². The van der Waals surface area contributed by atoms with Gasteiger partial charge in [-0.1, -0.05) is 32.0 Å². The van der Waals surface area contributed by atoms with Crippen LogP contribution in [0.3, 0.4) is 0 Å². The summed E-state index contributed by atoms with van der Waals surface area (Å²) in [4.78, 5) is 17.2. The van der Waals surface area contributed by atoms with Crippen molar-refractivity contribution in [1.82, 2.24) is 4.90 Å². The first-order chi connectivity index (χ1) is 13.4. The van der Waals surface area contributed by atoms with Crippen molar-refractivity contribution in [2.45, 2.75) is 51.7 Å². The van der Waals surface area contributed by atoms with Crippen LogP contribution < -0.4 is 10.6 Å². The van der Waals surface area contributed by atoms with E-state index >= 15 is 0 Å². The molecule has 1 amide bonds. The van der Waals surface area contributed by atoms with E-state index in [0.29, 0.717) is 32.6 Å². The third-order valence-corrected chi connectivity index (χ3v) is 5.87. The van der Waals surface area contributed by atoms with Crippen LogP contribution in [0.5, 0.6) is 0 Å². The number of ether oxygens (including phenoxy) is 1. The molecule has 1 aromatic carbocycles. The quantitative estimate of drug-likeness (QED) is 0.743. The van der Waals surface area contributed by atoms with Crippen LogP contribution in [0.25, 0.3) is 0 Å². The zero-order valence-corrected chi connectivity index (χ0v) is 17.3. The molecule has 156 valence electrons. The Morgan fingerprint density at radius 3 is 2.71 bits per heavy atom. The normalized spacial score (nSPS) is 20.5. The predicted molar refractivity (Wildman–Crippen MR) is 111 cm³/mol. The smallest absolute Gasteiger partial charge is 0.227 e. The summed E-state index contributed by atoms with van der Waals surface area (Å²) in [6.45, 7) is 8.56. The Kier molecular flexibility index (Phi) is 7.10. The Morgan fingerprint density at radius 1 is 1.25 bits per heavy atom. The summed E-state index contributed by atoms with van der Waals surface area (Å²) in [5.41, 5.74) is 8.34. The standard InChI is InChI=1S/C22H35N3O3/c1-22(2,14-18(23)20(26)16-24-10-12-28-13-11-24)15-21(27)25-9-5-7-17-6-3-4-8-19(17)25/h3-4,6,8,18,20,26H,5,7,9-16,23H2,1-2H3/t18-,20-/m0/s1. The van der Waals surface area contributed by atoms with E-state index in [0.717, 1.165) is 38.2 Å². The lowest BCUT2D eigenvalue weighted by atomic mass is 9.80. The van der Waals surface area contributed by atoms with Gasteiger partial charge in [0.15, 0.2) is 0 Å². The molecule has 2 atom stereocenters. The van der Waals surface area contributed by atoms with Crippen LogP contribution in [0.15, 0.2) is 24.3 Å². The maximum atomic E-state index is 13.0. The summed E-state index contributed by atoms with van der Waals surface area (Å²) in [7, 11) is 0. The van der Waals surface area contributed by atoms with Crippen molar-refractivity contribution in [3.8, 4) is 0 Å². The van der Waals surface area contributed by atoms with Gasteiger partial charge in [0.05, 0.1) is 19.3 Å². The fourth-order valence-corrected chi connectivity index (χ4v) is 4.33. The van der Waals surface area contributed by atoms with Gasteiger partial charge in [-0.3, -0.25) is 9.69 Å². The van der Waals surface area contributed by atoms with Gasteiger partial charge in [-0.05, 0) is 36.3 Å². The van der Waals surface area contributed by atoms with E-state index in [1.165, 1.54) is 5.56 Å². The second-order valence-corrected chi connectivity index (χ2v) is 8.97. The summed E-state index contributed by atoms with van der Waals surface area (Å²) < 4.78 is 5.35. The summed E-state index contributed by atoms with van der Waals surface area (Å²) in [5, 5.41) is 10.5. The monoisotopic (exact) mass is 389 g/mol. The molecule has 2 heterocycles. The van der Waals surface area contributed by atoms with Crippen LogP contribution in [0.2, 0.25) is 0 Å². The van der Waals surface area contributed by atoms with Crippen molar-refractivity contribution in [3.05, 3.63) is 29.8 Å². The van der Waals surface area contributed by atoms with Crippen LogP contribution in [-0.2, 0) is 16.0 Å². The fraction of sp³-hybridized carbons (Fsp3) is 0.682. The largest absolute Gasteiger partial charge is 0.390 e. The van der Waals surface area contributed by atoms with Gasteiger partial charge >= 0.3 is 0 Å². The molecule has 1 saturated heterocycles. The average Bonchev–Trinajstić information content (AvgIpc) is 2.67. The Morgan fingerprint density at radius 2 is 1.96 bits per heavy atom. The van der Waals surface area contributed by atoms with Gasteiger partial charge in [0.25, 0.3) is 0 Å². The number of aliphatic hydroxyl groups is 1. The maximum Gasteiger partial charge on any atom is 0.227 e. The number of aliphatic hydroxyl groups excluding tert-OH is 1. The van der Waals surface area contributed by atoms with Crippen molar-refractivity contribution in [2.24, 2.45) is 11.1 Å². The number of amides is 1. The van der Waals surface area contributed by atoms with Crippen LogP contribution >= 0.6 is 0 Å². The summed E-state index contributed by atoms with van der Waals surface area (Å²) >= 11 is 0. The zero-order valence-electron chi connectivity index (χ0n) is 17.3. The molecule has 3 N–H and O–H groups in total. The summed E-state index contributed by atoms with van der Waals surface area (Å²) in [6, 6.07) is 7.83. The number of carbonyl (C=O) groups is 1. The molecule has 2 aliphatic rings. The first-order valence-electron chi connectivity index (χ1n) is 10.5. The van der Waals surface area contributed by atoms with Gasteiger partial charge in [0.2, 0.25) is 5.91 Å². The number of morpholine rings is 1. The zero-order chi connectivity index (χ0) is 20.1. The van der Waals surface area contributed by atoms with Crippen LogP contribution in [0.1, 0.15) is 38.7 Å². The number of benzene rings is 1. The van der Waals surface area contributed by atoms with Gasteiger partial charge in [0.1, 0.15) is 0 Å². The highest BCUT2D eigenvalue weighted by Gasteiger charge is 2.32. The Hall–Kier alpha value is -1.47. The van der Waals surface area contributed by atoms with E-state index in [1.807, 2.05) is 23.1 Å². The number of nitrogens with two attached hydrogens (primary N) is 1. The molecular formula is C22H35N3O3. The highest BCUT2D eigenvalue weighted by molar-refractivity contribution is 5.94. The molecule has 0 bridgehead atoms. The van der Waals surface area contributed by atoms with E-state index in [9.17, 15) is 9.90 Å². The summed E-state index contributed by atoms with van der Waals surface area (Å²) in [5.74, 6) is 0.145. The Balaban J connectivity index is 1.55. The number of anilines is 1. The van der Waals surface area contributed by atoms with E-state index < -0.39 is 6.10 Å². The van der Waals surface area contributed by atoms with Crippen molar-refractivity contribution in [2.75, 3.05) is 44.3 Å². The fourth-order valence-electron chi connectivity index (χ4n) is 4.33. The molecule has 2 aliphatic heterocycles. The minimum absolute atomic E-state index is 0.145. The molecular weight excluding hydrogens is 354 g/mol. The highest BCUT2D eigenvalue weighted by Crippen LogP contribution is 2.32. The topological polar surface area (TPSA) is 79.0 Å². The number of nitrogens with zero attached hydrogens (tertiary/aromatic N) is 2. The Bertz CT molecular complexity index is 658. The van der Waals surface area contributed by atoms with E-state index in [1.54, 1.807) is 0 Å². The number of rotatable bonds is 7. The van der Waals surface area contributed by atoms with Crippen molar-refractivity contribution in [3.63, 3.8) is 0 Å². The molecule has 3 rings (SSSR count). The lowest BCUT2D eigenvalue weighted by molar-refractivity contribution is -0.120. The number of hydrogen-bond acceptors (Lipinski definition) is 5. The average molecular weight is 390 g/mol. The lowest BCUT2D eigenvalue weighted by Gasteiger charge is -2.35. The number of fused-ring (bicyclic) bond motifs is 1. The first kappa shape index (κ1) is 21.2. The van der Waals surface area contributed by atoms with Gasteiger partial charge in [-0.25, -0.2) is 0 Å². The van der Waals surface area contributed by atoms with E-state index in [4.69, 9.17) is 10.5 Å². The molecule has 0 radical (unpaired) electrons. The van der Waals surface area contributed by atoms with Gasteiger partial charge < -0.3 is 20.5 Å². The van der Waals surface area contributed by atoms with Gasteiger partial charge in [-0.15, -0.1) is 0 Å². The van der Waals surface area contributed by atoms with Gasteiger partial charge in [0, 0.05) is 44.3 Å². The van der Waals surface area contributed by atoms with E-state index in [2.05, 4.69) is 24.8 Å². The maximum absolute atomic E-state index is 13.0. The van der Waals surface area contributed by atoms with Crippen LogP contribution in [0, 0.1) is 5.41 Å². The Labute approximate surface area is 168 Å². The molecule has 0 aliphatic carbocycles. The van der Waals surface area contributed by atoms with Crippen molar-refractivity contribution in [1.29, 1.82) is 0 Å². The second-order valence-electron chi connectivity index (χ2n) is 8.97. The molecule has 0 aromatic heterocycles. The number of β-amino-alcohol motifs (C(OH)–C–C–N with tert-alkyl or cyclic N) is 1. The predicted octanol–water partition coefficient (Wildman–Crippen LogP) is 1.79. The molecule has 0 spiro atoms. The number of para-hydroxylation sites is 1. The van der Waals surface area contributed by atoms with Crippen LogP contribution in [0.4, 0.5) is 5.69 Å². The molecule has 6 nitrogen and oxygen atoms in total. The highest BCUT2D eigenvalue weighted by atomic mass is 16.5. The first-order valence-corrected chi connectivity index (χ1v) is 10.5. The second kappa shape index (κ2) is 9.35. The number of aryl methyl sites for hydroxylation is 1. The minimum Gasteiger partial charge on any atom is -0.390 e. The van der Waals surface area contributed by atoms with Crippen LogP contribution in [-0.4, -0.2) is 67.5 Å². The number of carbonyl (C=O) groups excluding carboxylic acids is 1. The van der Waals surface area contributed by atoms with Crippen molar-refractivity contribution >= 4 is 11.6 Å². The third kappa shape index (κ3) is 5.54. The molecule has 6 heteroatoms.